The highest BCUT2D eigenvalue weighted by Crippen LogP contribution is 2.47. The zero-order valence-corrected chi connectivity index (χ0v) is 35.6. The number of hydrogen-bond acceptors (Lipinski definition) is 1. The van der Waals surface area contributed by atoms with Crippen LogP contribution in [0.2, 0.25) is 0 Å². The first-order chi connectivity index (χ1) is 32.3. The van der Waals surface area contributed by atoms with Crippen molar-refractivity contribution in [3.05, 3.63) is 196 Å². The van der Waals surface area contributed by atoms with Crippen molar-refractivity contribution in [2.24, 2.45) is 0 Å². The second-order valence-electron chi connectivity index (χ2n) is 16.7. The van der Waals surface area contributed by atoms with E-state index in [-0.39, 0.29) is 39.3 Å². The molecule has 0 saturated heterocycles. The maximum absolute atomic E-state index is 15.1. The van der Waals surface area contributed by atoms with Crippen LogP contribution in [-0.4, -0.2) is 9.13 Å². The monoisotopic (exact) mass is 918 g/mol. The third-order valence-electron chi connectivity index (χ3n) is 12.3. The Morgan fingerprint density at radius 2 is 0.912 bits per heavy atom. The standard InChI is InChI=1S/C55H31F9N4/c1-30-19-34(23-37(21-30)53(56,57)58)32-15-17-41-39-9-4-6-13-46(39)67(48(41)25-32)50-27-36(52-44(55(62,63)64)11-8-12-45(52)66-3)28-51(43(50)29-65)68-47-14-7-5-10-40(47)42-18-16-33(26-49(42)68)35-20-31(2)22-38(24-35)54(59,60)61/h4-28H,1-2H3. The van der Waals surface area contributed by atoms with E-state index in [9.17, 15) is 31.6 Å². The molecule has 2 aromatic heterocycles. The summed E-state index contributed by atoms with van der Waals surface area (Å²) in [5.41, 5.74) is 0.326. The Hall–Kier alpha value is -8.29. The van der Waals surface area contributed by atoms with Crippen molar-refractivity contribution in [2.45, 2.75) is 32.4 Å². The van der Waals surface area contributed by atoms with Crippen LogP contribution in [0, 0.1) is 31.8 Å². The summed E-state index contributed by atoms with van der Waals surface area (Å²) >= 11 is 0. The van der Waals surface area contributed by atoms with Gasteiger partial charge in [-0.25, -0.2) is 4.85 Å². The molecule has 0 radical (unpaired) electrons. The van der Waals surface area contributed by atoms with Crippen LogP contribution < -0.4 is 0 Å². The topological polar surface area (TPSA) is 38.0 Å². The molecule has 68 heavy (non-hydrogen) atoms. The molecule has 0 aliphatic rings. The lowest BCUT2D eigenvalue weighted by Gasteiger charge is -2.21. The van der Waals surface area contributed by atoms with Gasteiger partial charge in [-0.3, -0.25) is 0 Å². The lowest BCUT2D eigenvalue weighted by molar-refractivity contribution is -0.138. The second kappa shape index (κ2) is 15.7. The lowest BCUT2D eigenvalue weighted by Crippen LogP contribution is -2.09. The average Bonchev–Trinajstić information content (AvgIpc) is 3.81. The second-order valence-corrected chi connectivity index (χ2v) is 16.7. The molecule has 10 aromatic rings. The van der Waals surface area contributed by atoms with Crippen molar-refractivity contribution in [1.29, 1.82) is 5.26 Å². The summed E-state index contributed by atoms with van der Waals surface area (Å²) in [6.45, 7) is 11.1. The number of para-hydroxylation sites is 2. The van der Waals surface area contributed by atoms with Crippen LogP contribution in [0.5, 0.6) is 0 Å². The number of aromatic nitrogens is 2. The van der Waals surface area contributed by atoms with E-state index in [1.54, 1.807) is 108 Å². The van der Waals surface area contributed by atoms with Gasteiger partial charge in [-0.1, -0.05) is 91.0 Å². The zero-order valence-electron chi connectivity index (χ0n) is 35.6. The number of aryl methyl sites for hydroxylation is 2. The van der Waals surface area contributed by atoms with Crippen LogP contribution in [0.3, 0.4) is 0 Å². The van der Waals surface area contributed by atoms with E-state index in [4.69, 9.17) is 6.57 Å². The smallest absolute Gasteiger partial charge is 0.308 e. The highest BCUT2D eigenvalue weighted by molar-refractivity contribution is 6.12. The molecule has 0 unspecified atom stereocenters. The molecule has 13 heteroatoms. The highest BCUT2D eigenvalue weighted by atomic mass is 19.4. The summed E-state index contributed by atoms with van der Waals surface area (Å²) in [7, 11) is 0. The average molecular weight is 919 g/mol. The van der Waals surface area contributed by atoms with E-state index >= 15 is 13.2 Å². The molecule has 4 nitrogen and oxygen atoms in total. The van der Waals surface area contributed by atoms with Crippen molar-refractivity contribution in [3.63, 3.8) is 0 Å². The molecule has 334 valence electrons. The minimum atomic E-state index is -4.94. The third kappa shape index (κ3) is 7.28. The van der Waals surface area contributed by atoms with E-state index in [0.29, 0.717) is 65.9 Å². The molecule has 10 rings (SSSR count). The zero-order chi connectivity index (χ0) is 48.0. The molecule has 0 fully saturated rings. The van der Waals surface area contributed by atoms with E-state index in [1.807, 2.05) is 12.1 Å². The van der Waals surface area contributed by atoms with Gasteiger partial charge in [0.25, 0.3) is 0 Å². The van der Waals surface area contributed by atoms with Crippen molar-refractivity contribution in [3.8, 4) is 50.8 Å². The summed E-state index contributed by atoms with van der Waals surface area (Å²) < 4.78 is 134. The molecule has 8 aromatic carbocycles. The van der Waals surface area contributed by atoms with E-state index < -0.39 is 40.8 Å². The largest absolute Gasteiger partial charge is 0.416 e. The minimum absolute atomic E-state index is 0.0338. The number of halogens is 9. The summed E-state index contributed by atoms with van der Waals surface area (Å²) in [5.74, 6) is 0. The Labute approximate surface area is 381 Å². The van der Waals surface area contributed by atoms with Crippen molar-refractivity contribution >= 4 is 49.3 Å². The van der Waals surface area contributed by atoms with Gasteiger partial charge in [0.1, 0.15) is 11.6 Å². The van der Waals surface area contributed by atoms with Crippen LogP contribution in [0.1, 0.15) is 33.4 Å². The fourth-order valence-corrected chi connectivity index (χ4v) is 9.44. The number of nitrogens with zero attached hydrogens (tertiary/aromatic N) is 4. The predicted molar refractivity (Wildman–Crippen MR) is 247 cm³/mol. The number of benzene rings is 8. The molecule has 0 spiro atoms. The maximum Gasteiger partial charge on any atom is 0.416 e. The highest BCUT2D eigenvalue weighted by Gasteiger charge is 2.36. The van der Waals surface area contributed by atoms with Gasteiger partial charge in [0.15, 0.2) is 5.69 Å². The first kappa shape index (κ1) is 43.6. The van der Waals surface area contributed by atoms with Crippen LogP contribution in [-0.2, 0) is 18.5 Å². The first-order valence-electron chi connectivity index (χ1n) is 21.0. The molecule has 0 aliphatic carbocycles. The van der Waals surface area contributed by atoms with Gasteiger partial charge in [0.2, 0.25) is 0 Å². The number of alkyl halides is 9. The number of fused-ring (bicyclic) bond motifs is 6. The molecule has 2 heterocycles. The van der Waals surface area contributed by atoms with Crippen molar-refractivity contribution in [2.75, 3.05) is 0 Å². The van der Waals surface area contributed by atoms with Gasteiger partial charge in [0.05, 0.1) is 56.7 Å². The Morgan fingerprint density at radius 1 is 0.456 bits per heavy atom. The molecule has 0 atom stereocenters. The molecular formula is C55H31F9N4. The Morgan fingerprint density at radius 3 is 1.34 bits per heavy atom. The fraction of sp³-hybridized carbons (Fsp3) is 0.0909. The van der Waals surface area contributed by atoms with Crippen LogP contribution >= 0.6 is 0 Å². The SMILES string of the molecule is [C-]#[N+]c1cccc(C(F)(F)F)c1-c1cc(-n2c3ccccc3c3ccc(-c4cc(C)cc(C(F)(F)F)c4)cc32)c(C#N)c(-n2c3ccccc3c3ccc(-c4cc(C)cc(C(F)(F)F)c4)cc32)c1. The van der Waals surface area contributed by atoms with Crippen LogP contribution in [0.15, 0.2) is 152 Å². The quantitative estimate of drug-likeness (QED) is 0.125. The molecule has 0 amide bonds. The van der Waals surface area contributed by atoms with Crippen molar-refractivity contribution < 1.29 is 39.5 Å². The summed E-state index contributed by atoms with van der Waals surface area (Å²) in [6, 6.07) is 40.2. The molecule has 0 bridgehead atoms. The first-order valence-corrected chi connectivity index (χ1v) is 21.0. The molecular weight excluding hydrogens is 888 g/mol. The minimum Gasteiger partial charge on any atom is -0.308 e. The molecule has 0 aliphatic heterocycles. The van der Waals surface area contributed by atoms with Crippen LogP contribution in [0.25, 0.3) is 93.2 Å². The number of nitriles is 1. The van der Waals surface area contributed by atoms with E-state index in [2.05, 4.69) is 10.9 Å². The number of hydrogen-bond donors (Lipinski definition) is 0. The van der Waals surface area contributed by atoms with E-state index in [0.717, 1.165) is 36.4 Å². The van der Waals surface area contributed by atoms with Gasteiger partial charge in [-0.15, -0.1) is 0 Å². The molecule has 0 N–H and O–H groups in total. The Bertz CT molecular complexity index is 3610. The van der Waals surface area contributed by atoms with Gasteiger partial charge >= 0.3 is 18.5 Å². The summed E-state index contributed by atoms with van der Waals surface area (Å²) in [4.78, 5) is 3.51. The van der Waals surface area contributed by atoms with Gasteiger partial charge < -0.3 is 9.13 Å². The maximum atomic E-state index is 15.1. The van der Waals surface area contributed by atoms with Gasteiger partial charge in [-0.05, 0) is 119 Å². The fourth-order valence-electron chi connectivity index (χ4n) is 9.44. The third-order valence-corrected chi connectivity index (χ3v) is 12.3. The predicted octanol–water partition coefficient (Wildman–Crippen LogP) is 17.0. The van der Waals surface area contributed by atoms with Crippen molar-refractivity contribution in [1.82, 2.24) is 9.13 Å². The van der Waals surface area contributed by atoms with Gasteiger partial charge in [0, 0.05) is 21.5 Å². The summed E-state index contributed by atoms with van der Waals surface area (Å²) in [6.07, 6.45) is -14.2. The Kier molecular flexibility index (Phi) is 10.0. The lowest BCUT2D eigenvalue weighted by atomic mass is 9.94. The van der Waals surface area contributed by atoms with Gasteiger partial charge in [-0.2, -0.15) is 44.8 Å². The summed E-state index contributed by atoms with van der Waals surface area (Å²) in [5, 5.41) is 14.0. The molecule has 0 saturated carbocycles. The Balaban J connectivity index is 1.35. The van der Waals surface area contributed by atoms with Crippen LogP contribution in [0.4, 0.5) is 45.2 Å². The number of rotatable bonds is 5. The normalized spacial score (nSPS) is 12.3. The van der Waals surface area contributed by atoms with E-state index in [1.165, 1.54) is 18.2 Å².